The third-order valence-electron chi connectivity index (χ3n) is 5.35. The van der Waals surface area contributed by atoms with Crippen molar-refractivity contribution in [1.29, 1.82) is 0 Å². The van der Waals surface area contributed by atoms with E-state index >= 15 is 0 Å². The lowest BCUT2D eigenvalue weighted by molar-refractivity contribution is 0.628. The molecule has 0 atom stereocenters. The molecule has 5 rings (SSSR count). The van der Waals surface area contributed by atoms with Gasteiger partial charge in [0.05, 0.1) is 5.39 Å². The molecule has 0 aliphatic rings. The number of rotatable bonds is 5. The van der Waals surface area contributed by atoms with E-state index in [0.29, 0.717) is 5.82 Å². The molecule has 5 aromatic rings. The Bertz CT molecular complexity index is 1380. The quantitative estimate of drug-likeness (QED) is 0.325. The van der Waals surface area contributed by atoms with Crippen molar-refractivity contribution in [2.75, 3.05) is 5.32 Å². The summed E-state index contributed by atoms with van der Waals surface area (Å²) in [5, 5.41) is 4.45. The normalized spacial score (nSPS) is 11.1. The van der Waals surface area contributed by atoms with Crippen molar-refractivity contribution in [3.05, 3.63) is 101 Å². The number of aryl methyl sites for hydroxylation is 2. The van der Waals surface area contributed by atoms with E-state index in [9.17, 15) is 4.39 Å². The first-order chi connectivity index (χ1) is 15.6. The van der Waals surface area contributed by atoms with Crippen LogP contribution in [0.25, 0.3) is 21.3 Å². The Labute approximate surface area is 189 Å². The summed E-state index contributed by atoms with van der Waals surface area (Å²) in [5.41, 5.74) is 5.41. The lowest BCUT2D eigenvalue weighted by Gasteiger charge is -2.11. The Morgan fingerprint density at radius 2 is 1.53 bits per heavy atom. The molecule has 3 heterocycles. The van der Waals surface area contributed by atoms with Crippen molar-refractivity contribution in [3.8, 4) is 11.1 Å². The summed E-state index contributed by atoms with van der Waals surface area (Å²) in [6, 6.07) is 19.0. The van der Waals surface area contributed by atoms with E-state index < -0.39 is 0 Å². The highest BCUT2D eigenvalue weighted by Gasteiger charge is 2.18. The summed E-state index contributed by atoms with van der Waals surface area (Å²) >= 11 is 1.63. The molecule has 0 aliphatic carbocycles. The van der Waals surface area contributed by atoms with Crippen LogP contribution in [0.5, 0.6) is 0 Å². The van der Waals surface area contributed by atoms with Gasteiger partial charge in [0.15, 0.2) is 0 Å². The van der Waals surface area contributed by atoms with Crippen LogP contribution in [0.3, 0.4) is 0 Å². The van der Waals surface area contributed by atoms with Crippen LogP contribution in [0.1, 0.15) is 21.8 Å². The van der Waals surface area contributed by atoms with Gasteiger partial charge in [-0.05, 0) is 73.4 Å². The zero-order valence-corrected chi connectivity index (χ0v) is 18.6. The Hall–Kier alpha value is -3.64. The molecule has 0 amide bonds. The van der Waals surface area contributed by atoms with Crippen molar-refractivity contribution in [1.82, 2.24) is 15.0 Å². The molecule has 0 spiro atoms. The maximum absolute atomic E-state index is 13.5. The molecule has 0 bridgehead atoms. The molecule has 4 nitrogen and oxygen atoms in total. The van der Waals surface area contributed by atoms with Gasteiger partial charge in [-0.1, -0.05) is 24.3 Å². The molecule has 158 valence electrons. The predicted octanol–water partition coefficient (Wildman–Crippen LogP) is 6.84. The highest BCUT2D eigenvalue weighted by atomic mass is 32.1. The number of nitrogens with one attached hydrogen (secondary N) is 1. The molecule has 0 radical (unpaired) electrons. The SMILES string of the molecule is Cc1nc(Nc2ccc(Cc3ccncc3)cc2)c2c(-c3ccc(F)cc3)c(C)sc2n1. The molecule has 0 fully saturated rings. The van der Waals surface area contributed by atoms with Crippen molar-refractivity contribution in [3.63, 3.8) is 0 Å². The Kier molecular flexibility index (Phi) is 5.37. The maximum Gasteiger partial charge on any atom is 0.143 e. The average molecular weight is 441 g/mol. The fourth-order valence-corrected chi connectivity index (χ4v) is 4.94. The minimum atomic E-state index is -0.247. The third-order valence-corrected chi connectivity index (χ3v) is 6.35. The number of hydrogen-bond donors (Lipinski definition) is 1. The number of anilines is 2. The molecule has 2 aromatic carbocycles. The van der Waals surface area contributed by atoms with Gasteiger partial charge in [-0.15, -0.1) is 11.3 Å². The van der Waals surface area contributed by atoms with Gasteiger partial charge >= 0.3 is 0 Å². The van der Waals surface area contributed by atoms with Crippen molar-refractivity contribution in [2.45, 2.75) is 20.3 Å². The summed E-state index contributed by atoms with van der Waals surface area (Å²) in [7, 11) is 0. The predicted molar refractivity (Wildman–Crippen MR) is 129 cm³/mol. The van der Waals surface area contributed by atoms with Crippen LogP contribution in [0, 0.1) is 19.7 Å². The van der Waals surface area contributed by atoms with Gasteiger partial charge in [0.25, 0.3) is 0 Å². The molecule has 3 aromatic heterocycles. The van der Waals surface area contributed by atoms with Gasteiger partial charge in [-0.25, -0.2) is 14.4 Å². The zero-order chi connectivity index (χ0) is 22.1. The minimum absolute atomic E-state index is 0.247. The molecule has 6 heteroatoms. The van der Waals surface area contributed by atoms with E-state index in [4.69, 9.17) is 4.98 Å². The van der Waals surface area contributed by atoms with Gasteiger partial charge in [-0.3, -0.25) is 4.98 Å². The monoisotopic (exact) mass is 440 g/mol. The van der Waals surface area contributed by atoms with E-state index in [1.807, 2.05) is 31.5 Å². The van der Waals surface area contributed by atoms with Crippen molar-refractivity contribution < 1.29 is 4.39 Å². The van der Waals surface area contributed by atoms with Crippen LogP contribution in [-0.4, -0.2) is 15.0 Å². The van der Waals surface area contributed by atoms with E-state index in [0.717, 1.165) is 44.1 Å². The number of hydrogen-bond acceptors (Lipinski definition) is 5. The smallest absolute Gasteiger partial charge is 0.143 e. The molecule has 0 saturated carbocycles. The highest BCUT2D eigenvalue weighted by molar-refractivity contribution is 7.19. The van der Waals surface area contributed by atoms with Crippen LogP contribution < -0.4 is 5.32 Å². The number of pyridine rings is 1. The summed E-state index contributed by atoms with van der Waals surface area (Å²) in [5.74, 6) is 1.22. The molecular formula is C26H21FN4S. The third kappa shape index (κ3) is 4.09. The first-order valence-corrected chi connectivity index (χ1v) is 11.2. The molecule has 32 heavy (non-hydrogen) atoms. The van der Waals surface area contributed by atoms with Crippen LogP contribution in [0.15, 0.2) is 73.1 Å². The first-order valence-electron chi connectivity index (χ1n) is 10.4. The number of aromatic nitrogens is 3. The van der Waals surface area contributed by atoms with Gasteiger partial charge < -0.3 is 5.32 Å². The van der Waals surface area contributed by atoms with Gasteiger partial charge in [0, 0.05) is 28.5 Å². The van der Waals surface area contributed by atoms with Gasteiger partial charge in [0.1, 0.15) is 22.3 Å². The standard InChI is InChI=1S/C26H21FN4S/c1-16-23(20-5-7-21(27)8-6-20)24-25(29-17(2)30-26(24)32-16)31-22-9-3-18(4-10-22)15-19-11-13-28-14-12-19/h3-14H,15H2,1-2H3,(H,29,30,31). The van der Waals surface area contributed by atoms with E-state index in [1.54, 1.807) is 23.5 Å². The second-order valence-corrected chi connectivity index (χ2v) is 8.90. The summed E-state index contributed by atoms with van der Waals surface area (Å²) < 4.78 is 13.5. The van der Waals surface area contributed by atoms with E-state index in [1.165, 1.54) is 23.3 Å². The zero-order valence-electron chi connectivity index (χ0n) is 17.8. The van der Waals surface area contributed by atoms with Crippen LogP contribution in [0.2, 0.25) is 0 Å². The van der Waals surface area contributed by atoms with Crippen molar-refractivity contribution in [2.24, 2.45) is 0 Å². The van der Waals surface area contributed by atoms with Crippen LogP contribution >= 0.6 is 11.3 Å². The maximum atomic E-state index is 13.5. The Balaban J connectivity index is 1.50. The minimum Gasteiger partial charge on any atom is -0.340 e. The van der Waals surface area contributed by atoms with Crippen LogP contribution in [0.4, 0.5) is 15.9 Å². The number of thiophene rings is 1. The molecule has 0 saturated heterocycles. The summed E-state index contributed by atoms with van der Waals surface area (Å²) in [4.78, 5) is 15.5. The molecular weight excluding hydrogens is 419 g/mol. The van der Waals surface area contributed by atoms with Crippen LogP contribution in [-0.2, 0) is 6.42 Å². The molecule has 1 N–H and O–H groups in total. The summed E-state index contributed by atoms with van der Waals surface area (Å²) in [6.45, 7) is 3.97. The molecule has 0 aliphatic heterocycles. The lowest BCUT2D eigenvalue weighted by Crippen LogP contribution is -1.99. The van der Waals surface area contributed by atoms with Gasteiger partial charge in [-0.2, -0.15) is 0 Å². The fraction of sp³-hybridized carbons (Fsp3) is 0.115. The van der Waals surface area contributed by atoms with Gasteiger partial charge in [0.2, 0.25) is 0 Å². The first kappa shape index (κ1) is 20.3. The number of nitrogens with zero attached hydrogens (tertiary/aromatic N) is 3. The fourth-order valence-electron chi connectivity index (χ4n) is 3.85. The highest BCUT2D eigenvalue weighted by Crippen LogP contribution is 2.41. The topological polar surface area (TPSA) is 50.7 Å². The molecule has 0 unspecified atom stereocenters. The van der Waals surface area contributed by atoms with Crippen molar-refractivity contribution >= 4 is 33.1 Å². The Morgan fingerprint density at radius 1 is 0.844 bits per heavy atom. The largest absolute Gasteiger partial charge is 0.340 e. The second-order valence-electron chi connectivity index (χ2n) is 7.69. The lowest BCUT2D eigenvalue weighted by atomic mass is 10.0. The number of halogens is 1. The Morgan fingerprint density at radius 3 is 2.25 bits per heavy atom. The van der Waals surface area contributed by atoms with E-state index in [-0.39, 0.29) is 5.82 Å². The summed E-state index contributed by atoms with van der Waals surface area (Å²) in [6.07, 6.45) is 4.49. The number of fused-ring (bicyclic) bond motifs is 1. The average Bonchev–Trinajstić information content (AvgIpc) is 3.12. The number of benzene rings is 2. The van der Waals surface area contributed by atoms with E-state index in [2.05, 4.69) is 46.5 Å². The second kappa shape index (κ2) is 8.48.